The van der Waals surface area contributed by atoms with Crippen LogP contribution in [0.15, 0.2) is 30.7 Å². The fourth-order valence-electron chi connectivity index (χ4n) is 2.78. The van der Waals surface area contributed by atoms with Crippen molar-refractivity contribution in [2.75, 3.05) is 33.3 Å². The number of likely N-dealkylation sites (N-methyl/N-ethyl adjacent to an activating group) is 1. The van der Waals surface area contributed by atoms with Crippen molar-refractivity contribution in [2.24, 2.45) is 7.05 Å². The predicted octanol–water partition coefficient (Wildman–Crippen LogP) is 0.902. The summed E-state index contributed by atoms with van der Waals surface area (Å²) in [6, 6.07) is 3.98. The quantitative estimate of drug-likeness (QED) is 0.889. The van der Waals surface area contributed by atoms with Gasteiger partial charge in [0.1, 0.15) is 0 Å². The Morgan fingerprint density at radius 2 is 2.14 bits per heavy atom. The van der Waals surface area contributed by atoms with Crippen LogP contribution in [0.5, 0.6) is 0 Å². The molecule has 3 heterocycles. The Kier molecular flexibility index (Phi) is 4.82. The largest absolute Gasteiger partial charge is 0.374 e. The van der Waals surface area contributed by atoms with E-state index >= 15 is 0 Å². The zero-order valence-electron chi connectivity index (χ0n) is 13.2. The lowest BCUT2D eigenvalue weighted by Crippen LogP contribution is -2.44. The first kappa shape index (κ1) is 15.1. The first-order valence-electron chi connectivity index (χ1n) is 7.66. The van der Waals surface area contributed by atoms with Crippen LogP contribution in [0.2, 0.25) is 0 Å². The number of hydrogen-bond donors (Lipinski definition) is 1. The number of hydrogen-bond acceptors (Lipinski definition) is 5. The number of aryl methyl sites for hydroxylation is 1. The molecule has 1 N–H and O–H groups in total. The Bertz CT molecular complexity index is 598. The van der Waals surface area contributed by atoms with Crippen LogP contribution in [0.1, 0.15) is 5.56 Å². The standard InChI is InChI=1S/C16H23N5O/c1-20-7-8-22-15(12-20)10-18-9-14-11-21(2)19-16(14)13-3-5-17-6-4-13/h3-6,11,15,18H,7-10,12H2,1-2H3/t15-/m0/s1. The molecule has 0 amide bonds. The van der Waals surface area contributed by atoms with Crippen molar-refractivity contribution in [3.8, 4) is 11.3 Å². The fourth-order valence-corrected chi connectivity index (χ4v) is 2.78. The molecule has 0 saturated carbocycles. The van der Waals surface area contributed by atoms with Crippen LogP contribution in [0.3, 0.4) is 0 Å². The summed E-state index contributed by atoms with van der Waals surface area (Å²) in [5, 5.41) is 8.06. The van der Waals surface area contributed by atoms with Crippen molar-refractivity contribution in [1.82, 2.24) is 25.0 Å². The molecule has 0 radical (unpaired) electrons. The van der Waals surface area contributed by atoms with Crippen LogP contribution in [0.4, 0.5) is 0 Å². The van der Waals surface area contributed by atoms with Gasteiger partial charge in [0.25, 0.3) is 0 Å². The third-order valence-electron chi connectivity index (χ3n) is 3.89. The number of rotatable bonds is 5. The molecular weight excluding hydrogens is 278 g/mol. The Labute approximate surface area is 131 Å². The molecule has 0 bridgehead atoms. The van der Waals surface area contributed by atoms with Gasteiger partial charge in [0.2, 0.25) is 0 Å². The van der Waals surface area contributed by atoms with Gasteiger partial charge in [-0.25, -0.2) is 0 Å². The van der Waals surface area contributed by atoms with E-state index in [9.17, 15) is 0 Å². The number of morpholine rings is 1. The molecule has 1 atom stereocenters. The van der Waals surface area contributed by atoms with Crippen molar-refractivity contribution in [3.63, 3.8) is 0 Å². The molecule has 0 unspecified atom stereocenters. The average Bonchev–Trinajstić information content (AvgIpc) is 2.89. The number of aromatic nitrogens is 3. The smallest absolute Gasteiger partial charge is 0.0969 e. The van der Waals surface area contributed by atoms with E-state index in [2.05, 4.69) is 33.5 Å². The minimum atomic E-state index is 0.264. The first-order valence-corrected chi connectivity index (χ1v) is 7.66. The van der Waals surface area contributed by atoms with E-state index in [0.29, 0.717) is 0 Å². The minimum absolute atomic E-state index is 0.264. The second kappa shape index (κ2) is 7.00. The maximum Gasteiger partial charge on any atom is 0.0969 e. The van der Waals surface area contributed by atoms with Gasteiger partial charge in [-0.2, -0.15) is 5.10 Å². The highest BCUT2D eigenvalue weighted by Crippen LogP contribution is 2.20. The van der Waals surface area contributed by atoms with E-state index < -0.39 is 0 Å². The molecule has 1 aliphatic heterocycles. The second-order valence-corrected chi connectivity index (χ2v) is 5.80. The Morgan fingerprint density at radius 1 is 1.32 bits per heavy atom. The maximum absolute atomic E-state index is 5.77. The monoisotopic (exact) mass is 301 g/mol. The van der Waals surface area contributed by atoms with Crippen LogP contribution in [-0.2, 0) is 18.3 Å². The van der Waals surface area contributed by atoms with Gasteiger partial charge in [-0.3, -0.25) is 9.67 Å². The number of nitrogens with one attached hydrogen (secondary N) is 1. The zero-order chi connectivity index (χ0) is 15.4. The van der Waals surface area contributed by atoms with Crippen molar-refractivity contribution >= 4 is 0 Å². The zero-order valence-corrected chi connectivity index (χ0v) is 13.2. The lowest BCUT2D eigenvalue weighted by Gasteiger charge is -2.30. The third-order valence-corrected chi connectivity index (χ3v) is 3.89. The normalized spacial score (nSPS) is 19.5. The number of nitrogens with zero attached hydrogens (tertiary/aromatic N) is 4. The summed E-state index contributed by atoms with van der Waals surface area (Å²) in [4.78, 5) is 6.37. The van der Waals surface area contributed by atoms with E-state index in [1.165, 1.54) is 5.56 Å². The van der Waals surface area contributed by atoms with E-state index in [-0.39, 0.29) is 6.10 Å². The van der Waals surface area contributed by atoms with Gasteiger partial charge >= 0.3 is 0 Å². The Hall–Kier alpha value is -1.76. The lowest BCUT2D eigenvalue weighted by atomic mass is 10.1. The maximum atomic E-state index is 5.77. The molecule has 0 aromatic carbocycles. The topological polar surface area (TPSA) is 55.2 Å². The van der Waals surface area contributed by atoms with Gasteiger partial charge in [0.15, 0.2) is 0 Å². The summed E-state index contributed by atoms with van der Waals surface area (Å²) in [6.07, 6.45) is 5.93. The lowest BCUT2D eigenvalue weighted by molar-refractivity contribution is -0.0182. The van der Waals surface area contributed by atoms with Crippen LogP contribution >= 0.6 is 0 Å². The summed E-state index contributed by atoms with van der Waals surface area (Å²) >= 11 is 0. The molecule has 0 spiro atoms. The van der Waals surface area contributed by atoms with E-state index in [1.54, 1.807) is 12.4 Å². The van der Waals surface area contributed by atoms with Crippen molar-refractivity contribution in [1.29, 1.82) is 0 Å². The first-order chi connectivity index (χ1) is 10.7. The average molecular weight is 301 g/mol. The molecule has 0 aliphatic carbocycles. The highest BCUT2D eigenvalue weighted by atomic mass is 16.5. The summed E-state index contributed by atoms with van der Waals surface area (Å²) in [5.41, 5.74) is 3.30. The molecule has 2 aromatic heterocycles. The summed E-state index contributed by atoms with van der Waals surface area (Å²) in [6.45, 7) is 4.46. The predicted molar refractivity (Wildman–Crippen MR) is 85.4 cm³/mol. The third kappa shape index (κ3) is 3.71. The van der Waals surface area contributed by atoms with Crippen LogP contribution in [0, 0.1) is 0 Å². The van der Waals surface area contributed by atoms with Gasteiger partial charge in [0, 0.05) is 62.9 Å². The molecular formula is C16H23N5O. The van der Waals surface area contributed by atoms with Gasteiger partial charge < -0.3 is 15.0 Å². The SMILES string of the molecule is CN1CCO[C@@H](CNCc2cn(C)nc2-c2ccncc2)C1. The van der Waals surface area contributed by atoms with Crippen molar-refractivity contribution < 1.29 is 4.74 Å². The van der Waals surface area contributed by atoms with Gasteiger partial charge in [0.05, 0.1) is 18.4 Å². The summed E-state index contributed by atoms with van der Waals surface area (Å²) in [5.74, 6) is 0. The summed E-state index contributed by atoms with van der Waals surface area (Å²) in [7, 11) is 4.09. The van der Waals surface area contributed by atoms with Crippen LogP contribution < -0.4 is 5.32 Å². The van der Waals surface area contributed by atoms with Crippen molar-refractivity contribution in [3.05, 3.63) is 36.3 Å². The van der Waals surface area contributed by atoms with Gasteiger partial charge in [-0.05, 0) is 19.2 Å². The molecule has 1 saturated heterocycles. The molecule has 3 rings (SSSR count). The minimum Gasteiger partial charge on any atom is -0.374 e. The van der Waals surface area contributed by atoms with E-state index in [0.717, 1.165) is 44.0 Å². The molecule has 1 aliphatic rings. The molecule has 118 valence electrons. The highest BCUT2D eigenvalue weighted by Gasteiger charge is 2.17. The number of pyridine rings is 1. The van der Waals surface area contributed by atoms with E-state index in [4.69, 9.17) is 4.74 Å². The Balaban J connectivity index is 1.61. The molecule has 1 fully saturated rings. The fraction of sp³-hybridized carbons (Fsp3) is 0.500. The molecule has 2 aromatic rings. The molecule has 6 heteroatoms. The van der Waals surface area contributed by atoms with Gasteiger partial charge in [-0.1, -0.05) is 0 Å². The second-order valence-electron chi connectivity index (χ2n) is 5.80. The molecule has 6 nitrogen and oxygen atoms in total. The highest BCUT2D eigenvalue weighted by molar-refractivity contribution is 5.61. The molecule has 22 heavy (non-hydrogen) atoms. The number of ether oxygens (including phenoxy) is 1. The van der Waals surface area contributed by atoms with Crippen LogP contribution in [0.25, 0.3) is 11.3 Å². The van der Waals surface area contributed by atoms with Gasteiger partial charge in [-0.15, -0.1) is 0 Å². The Morgan fingerprint density at radius 3 is 2.91 bits per heavy atom. The van der Waals surface area contributed by atoms with E-state index in [1.807, 2.05) is 23.9 Å². The van der Waals surface area contributed by atoms with Crippen molar-refractivity contribution in [2.45, 2.75) is 12.6 Å². The summed E-state index contributed by atoms with van der Waals surface area (Å²) < 4.78 is 7.63. The van der Waals surface area contributed by atoms with Crippen LogP contribution in [-0.4, -0.2) is 59.1 Å².